The van der Waals surface area contributed by atoms with Crippen LogP contribution in [0.3, 0.4) is 0 Å². The topological polar surface area (TPSA) is 116 Å². The van der Waals surface area contributed by atoms with Crippen molar-refractivity contribution in [3.8, 4) is 17.4 Å². The monoisotopic (exact) mass is 558 g/mol. The van der Waals surface area contributed by atoms with Crippen LogP contribution in [0.5, 0.6) is 17.4 Å². The number of rotatable bonds is 14. The molecule has 1 saturated heterocycles. The lowest BCUT2D eigenvalue weighted by atomic mass is 9.94. The van der Waals surface area contributed by atoms with Gasteiger partial charge in [-0.3, -0.25) is 4.79 Å². The van der Waals surface area contributed by atoms with Gasteiger partial charge in [-0.15, -0.1) is 0 Å². The molecular formula is C29H42N4O7. The lowest BCUT2D eigenvalue weighted by molar-refractivity contribution is 0.0647. The molecule has 40 heavy (non-hydrogen) atoms. The molecule has 4 rings (SSSR count). The van der Waals surface area contributed by atoms with Gasteiger partial charge < -0.3 is 38.6 Å². The zero-order valence-electron chi connectivity index (χ0n) is 24.2. The van der Waals surface area contributed by atoms with Crippen molar-refractivity contribution in [2.24, 2.45) is 11.8 Å². The molecule has 11 heteroatoms. The molecule has 0 spiro atoms. The highest BCUT2D eigenvalue weighted by atomic mass is 16.6. The van der Waals surface area contributed by atoms with E-state index in [4.69, 9.17) is 23.5 Å². The Labute approximate surface area is 236 Å². The first kappa shape index (κ1) is 29.7. The Hall–Kier alpha value is -3.31. The molecule has 220 valence electrons. The van der Waals surface area contributed by atoms with E-state index in [9.17, 15) is 9.59 Å². The van der Waals surface area contributed by atoms with Gasteiger partial charge >= 0.3 is 6.09 Å². The first-order chi connectivity index (χ1) is 19.3. The zero-order valence-corrected chi connectivity index (χ0v) is 24.2. The van der Waals surface area contributed by atoms with Crippen LogP contribution in [-0.2, 0) is 4.74 Å². The average Bonchev–Trinajstić information content (AvgIpc) is 3.55. The molecule has 1 aliphatic carbocycles. The number of hydrogen-bond acceptors (Lipinski definition) is 9. The SMILES string of the molecule is COCCCOc1cc(C(=O)N(C[C@@H]2CNC[C@H]2CN(C(=O)Oc2cc(C)on2)C2CC2)C(C)C)ccc1OC. The van der Waals surface area contributed by atoms with E-state index in [1.165, 1.54) is 0 Å². The molecule has 1 aromatic carbocycles. The first-order valence-electron chi connectivity index (χ1n) is 14.0. The molecule has 2 aliphatic rings. The van der Waals surface area contributed by atoms with Crippen LogP contribution in [0, 0.1) is 18.8 Å². The normalized spacial score (nSPS) is 18.6. The molecule has 2 aromatic rings. The molecule has 2 atom stereocenters. The molecule has 1 N–H and O–H groups in total. The summed E-state index contributed by atoms with van der Waals surface area (Å²) in [7, 11) is 3.24. The van der Waals surface area contributed by atoms with Crippen molar-refractivity contribution in [1.82, 2.24) is 20.3 Å². The summed E-state index contributed by atoms with van der Waals surface area (Å²) in [6.45, 7) is 9.52. The largest absolute Gasteiger partial charge is 0.493 e. The maximum Gasteiger partial charge on any atom is 0.416 e. The second-order valence-corrected chi connectivity index (χ2v) is 10.8. The third-order valence-corrected chi connectivity index (χ3v) is 7.41. The summed E-state index contributed by atoms with van der Waals surface area (Å²) in [5, 5.41) is 7.26. The van der Waals surface area contributed by atoms with Gasteiger partial charge in [-0.1, -0.05) is 0 Å². The summed E-state index contributed by atoms with van der Waals surface area (Å²) in [6.07, 6.45) is 2.24. The van der Waals surface area contributed by atoms with Crippen LogP contribution in [0.15, 0.2) is 28.8 Å². The van der Waals surface area contributed by atoms with Gasteiger partial charge in [0.15, 0.2) is 11.5 Å². The highest BCUT2D eigenvalue weighted by Crippen LogP contribution is 2.32. The Morgan fingerprint density at radius 3 is 2.45 bits per heavy atom. The fourth-order valence-corrected chi connectivity index (χ4v) is 5.02. The molecule has 11 nitrogen and oxygen atoms in total. The standard InChI is InChI=1S/C29H42N4O7/c1-19(2)32(28(34)21-7-10-25(37-5)26(14-21)38-12-6-11-36-4)17-22-15-30-16-23(22)18-33(24-8-9-24)29(35)39-27-13-20(3)40-31-27/h7,10,13-14,19,22-24,30H,6,8-9,11-12,15-18H2,1-5H3/t22-,23-/m0/s1. The van der Waals surface area contributed by atoms with Gasteiger partial charge in [0.1, 0.15) is 5.76 Å². The smallest absolute Gasteiger partial charge is 0.416 e. The summed E-state index contributed by atoms with van der Waals surface area (Å²) in [5.41, 5.74) is 0.546. The molecule has 1 aromatic heterocycles. The van der Waals surface area contributed by atoms with E-state index in [1.807, 2.05) is 23.6 Å². The van der Waals surface area contributed by atoms with Gasteiger partial charge in [0.25, 0.3) is 11.8 Å². The van der Waals surface area contributed by atoms with E-state index >= 15 is 0 Å². The number of methoxy groups -OCH3 is 2. The first-order valence-corrected chi connectivity index (χ1v) is 14.0. The van der Waals surface area contributed by atoms with E-state index in [0.717, 1.165) is 32.4 Å². The highest BCUT2D eigenvalue weighted by molar-refractivity contribution is 5.95. The summed E-state index contributed by atoms with van der Waals surface area (Å²) in [6, 6.07) is 7.06. The maximum atomic E-state index is 13.8. The lowest BCUT2D eigenvalue weighted by Gasteiger charge is -2.33. The number of amides is 2. The molecular weight excluding hydrogens is 516 g/mol. The van der Waals surface area contributed by atoms with Gasteiger partial charge in [0.2, 0.25) is 0 Å². The summed E-state index contributed by atoms with van der Waals surface area (Å²) in [5.74, 6) is 2.17. The Kier molecular flexibility index (Phi) is 10.3. The lowest BCUT2D eigenvalue weighted by Crippen LogP contribution is -2.45. The predicted molar refractivity (Wildman–Crippen MR) is 148 cm³/mol. The van der Waals surface area contributed by atoms with Crippen LogP contribution in [0.4, 0.5) is 4.79 Å². The van der Waals surface area contributed by atoms with Crippen molar-refractivity contribution in [2.75, 3.05) is 53.6 Å². The van der Waals surface area contributed by atoms with E-state index in [-0.39, 0.29) is 35.7 Å². The zero-order chi connectivity index (χ0) is 28.6. The molecule has 1 aliphatic heterocycles. The van der Waals surface area contributed by atoms with Crippen LogP contribution in [-0.4, -0.2) is 92.7 Å². The van der Waals surface area contributed by atoms with Crippen molar-refractivity contribution in [2.45, 2.75) is 52.1 Å². The van der Waals surface area contributed by atoms with Crippen molar-refractivity contribution in [3.05, 3.63) is 35.6 Å². The summed E-state index contributed by atoms with van der Waals surface area (Å²) >= 11 is 0. The van der Waals surface area contributed by atoms with Gasteiger partial charge in [-0.05, 0) is 68.8 Å². The summed E-state index contributed by atoms with van der Waals surface area (Å²) in [4.78, 5) is 30.5. The van der Waals surface area contributed by atoms with Gasteiger partial charge in [0.05, 0.1) is 13.7 Å². The second-order valence-electron chi connectivity index (χ2n) is 10.8. The second kappa shape index (κ2) is 13.8. The Morgan fingerprint density at radius 1 is 1.07 bits per heavy atom. The molecule has 0 unspecified atom stereocenters. The Morgan fingerprint density at radius 2 is 1.82 bits per heavy atom. The van der Waals surface area contributed by atoms with Crippen molar-refractivity contribution >= 4 is 12.0 Å². The van der Waals surface area contributed by atoms with Crippen LogP contribution in [0.25, 0.3) is 0 Å². The predicted octanol–water partition coefficient (Wildman–Crippen LogP) is 3.76. The van der Waals surface area contributed by atoms with Crippen molar-refractivity contribution in [3.63, 3.8) is 0 Å². The minimum absolute atomic E-state index is 0.0122. The molecule has 1 saturated carbocycles. The third kappa shape index (κ3) is 7.66. The number of nitrogens with zero attached hydrogens (tertiary/aromatic N) is 3. The number of aryl methyl sites for hydroxylation is 1. The number of ether oxygens (including phenoxy) is 4. The molecule has 2 amide bonds. The highest BCUT2D eigenvalue weighted by Gasteiger charge is 2.39. The van der Waals surface area contributed by atoms with Crippen LogP contribution >= 0.6 is 0 Å². The minimum Gasteiger partial charge on any atom is -0.493 e. The molecule has 2 heterocycles. The van der Waals surface area contributed by atoms with Gasteiger partial charge in [-0.25, -0.2) is 4.79 Å². The molecule has 0 radical (unpaired) electrons. The summed E-state index contributed by atoms with van der Waals surface area (Å²) < 4.78 is 27.0. The number of benzene rings is 1. The number of aromatic nitrogens is 1. The molecule has 2 fully saturated rings. The average molecular weight is 559 g/mol. The molecule has 0 bridgehead atoms. The number of carbonyl (C=O) groups excluding carboxylic acids is 2. The fraction of sp³-hybridized carbons (Fsp3) is 0.621. The number of carbonyl (C=O) groups is 2. The maximum absolute atomic E-state index is 13.8. The fourth-order valence-electron chi connectivity index (χ4n) is 5.02. The quantitative estimate of drug-likeness (QED) is 0.346. The number of nitrogens with one attached hydrogen (secondary N) is 1. The van der Waals surface area contributed by atoms with E-state index in [1.54, 1.807) is 45.4 Å². The Balaban J connectivity index is 1.43. The number of hydrogen-bond donors (Lipinski definition) is 1. The van der Waals surface area contributed by atoms with E-state index < -0.39 is 6.09 Å². The van der Waals surface area contributed by atoms with Crippen molar-refractivity contribution in [1.29, 1.82) is 0 Å². The van der Waals surface area contributed by atoms with Crippen LogP contribution in [0.1, 0.15) is 49.2 Å². The Bertz CT molecular complexity index is 1130. The third-order valence-electron chi connectivity index (χ3n) is 7.41. The van der Waals surface area contributed by atoms with Gasteiger partial charge in [-0.2, -0.15) is 0 Å². The minimum atomic E-state index is -0.408. The van der Waals surface area contributed by atoms with E-state index in [0.29, 0.717) is 49.1 Å². The van der Waals surface area contributed by atoms with E-state index in [2.05, 4.69) is 10.5 Å². The van der Waals surface area contributed by atoms with Gasteiger partial charge in [0, 0.05) is 70.0 Å². The van der Waals surface area contributed by atoms with Crippen LogP contribution in [0.2, 0.25) is 0 Å². The van der Waals surface area contributed by atoms with Crippen LogP contribution < -0.4 is 19.5 Å². The van der Waals surface area contributed by atoms with Crippen molar-refractivity contribution < 1.29 is 33.1 Å².